The number of nitriles is 1. The van der Waals surface area contributed by atoms with Crippen LogP contribution in [0.15, 0.2) is 78.2 Å². The number of carbonyl (C=O) groups is 1. The second-order valence-corrected chi connectivity index (χ2v) is 8.32. The van der Waals surface area contributed by atoms with Crippen molar-refractivity contribution in [2.24, 2.45) is 5.73 Å². The summed E-state index contributed by atoms with van der Waals surface area (Å²) in [4.78, 5) is 12.3. The fourth-order valence-electron chi connectivity index (χ4n) is 3.47. The maximum atomic E-state index is 12.3. The number of hydrogen-bond donors (Lipinski definition) is 1. The number of nitrogens with two attached hydrogens (primary N) is 1. The van der Waals surface area contributed by atoms with Crippen molar-refractivity contribution in [2.75, 3.05) is 0 Å². The van der Waals surface area contributed by atoms with E-state index in [-0.39, 0.29) is 17.2 Å². The smallest absolute Gasteiger partial charge is 0.336 e. The molecule has 0 radical (unpaired) electrons. The number of carbonyl (C=O) groups excluding carboxylic acids is 1. The van der Waals surface area contributed by atoms with Crippen LogP contribution in [0.2, 0.25) is 15.1 Å². The zero-order valence-electron chi connectivity index (χ0n) is 16.9. The molecule has 3 aromatic rings. The molecular weight excluding hydrogens is 483 g/mol. The first kappa shape index (κ1) is 22.8. The van der Waals surface area contributed by atoms with Gasteiger partial charge in [0.05, 0.1) is 5.92 Å². The lowest BCUT2D eigenvalue weighted by Gasteiger charge is -2.27. The van der Waals surface area contributed by atoms with Crippen LogP contribution >= 0.6 is 34.8 Å². The number of ether oxygens (including phenoxy) is 2. The molecule has 0 saturated heterocycles. The second-order valence-electron chi connectivity index (χ2n) is 7.07. The van der Waals surface area contributed by atoms with E-state index in [1.54, 1.807) is 54.6 Å². The average molecular weight is 498 g/mol. The Balaban J connectivity index is 1.63. The summed E-state index contributed by atoms with van der Waals surface area (Å²) in [6, 6.07) is 19.1. The Morgan fingerprint density at radius 1 is 1.03 bits per heavy atom. The van der Waals surface area contributed by atoms with Crippen LogP contribution in [0, 0.1) is 11.3 Å². The molecule has 1 aliphatic heterocycles. The minimum atomic E-state index is -0.593. The number of benzene rings is 3. The maximum Gasteiger partial charge on any atom is 0.336 e. The summed E-state index contributed by atoms with van der Waals surface area (Å²) in [5.74, 6) is -0.611. The van der Waals surface area contributed by atoms with Gasteiger partial charge in [-0.3, -0.25) is 0 Å². The van der Waals surface area contributed by atoms with Gasteiger partial charge in [-0.2, -0.15) is 5.26 Å². The number of allylic oxidation sites excluding steroid dienone is 1. The summed E-state index contributed by atoms with van der Waals surface area (Å²) < 4.78 is 11.1. The summed E-state index contributed by atoms with van der Waals surface area (Å²) in [5.41, 5.74) is 8.23. The van der Waals surface area contributed by atoms with Crippen molar-refractivity contribution in [3.63, 3.8) is 0 Å². The molecule has 5 nitrogen and oxygen atoms in total. The predicted octanol–water partition coefficient (Wildman–Crippen LogP) is 6.48. The van der Waals surface area contributed by atoms with Crippen molar-refractivity contribution in [2.45, 2.75) is 5.92 Å². The average Bonchev–Trinajstić information content (AvgIpc) is 2.78. The molecule has 0 saturated carbocycles. The van der Waals surface area contributed by atoms with Crippen LogP contribution in [0.1, 0.15) is 22.6 Å². The summed E-state index contributed by atoms with van der Waals surface area (Å²) in [7, 11) is 0. The molecule has 1 aliphatic rings. The zero-order valence-corrected chi connectivity index (χ0v) is 19.2. The number of rotatable bonds is 4. The van der Waals surface area contributed by atoms with Gasteiger partial charge in [0.25, 0.3) is 0 Å². The highest BCUT2D eigenvalue weighted by Gasteiger charge is 2.32. The van der Waals surface area contributed by atoms with Gasteiger partial charge in [-0.25, -0.2) is 4.79 Å². The van der Waals surface area contributed by atoms with E-state index in [1.807, 2.05) is 6.07 Å². The number of hydrogen-bond acceptors (Lipinski definition) is 5. The van der Waals surface area contributed by atoms with Crippen molar-refractivity contribution in [1.29, 1.82) is 5.26 Å². The molecule has 0 bridgehead atoms. The molecule has 164 valence electrons. The van der Waals surface area contributed by atoms with Crippen LogP contribution in [0.25, 0.3) is 6.08 Å². The van der Waals surface area contributed by atoms with Crippen LogP contribution in [0.3, 0.4) is 0 Å². The van der Waals surface area contributed by atoms with Gasteiger partial charge in [0.1, 0.15) is 23.1 Å². The molecule has 2 N–H and O–H groups in total. The SMILES string of the molecule is N#CC1=C(N)Oc2cc(OC(=O)/C=C/c3ccccc3Cl)ccc2C1c1ccc(Cl)cc1Cl. The van der Waals surface area contributed by atoms with E-state index in [1.165, 1.54) is 12.1 Å². The van der Waals surface area contributed by atoms with Crippen molar-refractivity contribution in [3.05, 3.63) is 110 Å². The lowest BCUT2D eigenvalue weighted by atomic mass is 9.83. The fraction of sp³-hybridized carbons (Fsp3) is 0.0400. The Labute approximate surface area is 205 Å². The second kappa shape index (κ2) is 9.60. The van der Waals surface area contributed by atoms with E-state index >= 15 is 0 Å². The molecular formula is C25H15Cl3N2O3. The van der Waals surface area contributed by atoms with Gasteiger partial charge in [-0.15, -0.1) is 0 Å². The number of esters is 1. The molecule has 3 aromatic carbocycles. The molecule has 8 heteroatoms. The minimum Gasteiger partial charge on any atom is -0.440 e. The maximum absolute atomic E-state index is 12.3. The summed E-state index contributed by atoms with van der Waals surface area (Å²) in [6.45, 7) is 0. The lowest BCUT2D eigenvalue weighted by molar-refractivity contribution is -0.128. The van der Waals surface area contributed by atoms with Crippen LogP contribution in [0.5, 0.6) is 11.5 Å². The molecule has 0 amide bonds. The first-order valence-electron chi connectivity index (χ1n) is 9.68. The third-order valence-corrected chi connectivity index (χ3v) is 5.89. The van der Waals surface area contributed by atoms with E-state index in [9.17, 15) is 10.1 Å². The van der Waals surface area contributed by atoms with E-state index < -0.39 is 11.9 Å². The van der Waals surface area contributed by atoms with E-state index in [0.717, 1.165) is 0 Å². The molecule has 0 aromatic heterocycles. The summed E-state index contributed by atoms with van der Waals surface area (Å²) in [6.07, 6.45) is 2.85. The quantitative estimate of drug-likeness (QED) is 0.253. The third-order valence-electron chi connectivity index (χ3n) is 4.99. The van der Waals surface area contributed by atoms with E-state index in [0.29, 0.717) is 37.5 Å². The van der Waals surface area contributed by atoms with Gasteiger partial charge in [0, 0.05) is 32.8 Å². The molecule has 4 rings (SSSR count). The molecule has 1 unspecified atom stereocenters. The van der Waals surface area contributed by atoms with Crippen molar-refractivity contribution in [1.82, 2.24) is 0 Å². The third kappa shape index (κ3) is 4.84. The summed E-state index contributed by atoms with van der Waals surface area (Å²) >= 11 is 18.5. The topological polar surface area (TPSA) is 85.3 Å². The predicted molar refractivity (Wildman–Crippen MR) is 128 cm³/mol. The largest absolute Gasteiger partial charge is 0.440 e. The van der Waals surface area contributed by atoms with Gasteiger partial charge < -0.3 is 15.2 Å². The van der Waals surface area contributed by atoms with Crippen LogP contribution in [0.4, 0.5) is 0 Å². The Morgan fingerprint density at radius 3 is 2.52 bits per heavy atom. The molecule has 0 aliphatic carbocycles. The van der Waals surface area contributed by atoms with Crippen molar-refractivity contribution in [3.8, 4) is 17.6 Å². The first-order chi connectivity index (χ1) is 15.9. The normalized spacial score (nSPS) is 15.0. The highest BCUT2D eigenvalue weighted by molar-refractivity contribution is 6.35. The van der Waals surface area contributed by atoms with E-state index in [2.05, 4.69) is 6.07 Å². The number of nitrogens with zero attached hydrogens (tertiary/aromatic N) is 1. The van der Waals surface area contributed by atoms with Gasteiger partial charge in [0.15, 0.2) is 0 Å². The Morgan fingerprint density at radius 2 is 1.79 bits per heavy atom. The standard InChI is InChI=1S/C25H15Cl3N2O3/c26-15-6-8-17(21(28)11-15)24-18-9-7-16(12-22(18)33-25(30)19(24)13-29)32-23(31)10-5-14-3-1-2-4-20(14)27/h1-12,24H,30H2/b10-5+. The van der Waals surface area contributed by atoms with Crippen molar-refractivity contribution < 1.29 is 14.3 Å². The molecule has 0 spiro atoms. The van der Waals surface area contributed by atoms with Crippen LogP contribution in [-0.2, 0) is 4.79 Å². The zero-order chi connectivity index (χ0) is 23.5. The molecule has 1 heterocycles. The molecule has 33 heavy (non-hydrogen) atoms. The van der Waals surface area contributed by atoms with Gasteiger partial charge >= 0.3 is 5.97 Å². The first-order valence-corrected chi connectivity index (χ1v) is 10.8. The minimum absolute atomic E-state index is 0.0527. The fourth-order valence-corrected chi connectivity index (χ4v) is 4.19. The van der Waals surface area contributed by atoms with Gasteiger partial charge in [-0.1, -0.05) is 65.1 Å². The monoisotopic (exact) mass is 496 g/mol. The summed E-state index contributed by atoms with van der Waals surface area (Å²) in [5, 5.41) is 11.1. The molecule has 1 atom stereocenters. The van der Waals surface area contributed by atoms with Crippen LogP contribution in [-0.4, -0.2) is 5.97 Å². The van der Waals surface area contributed by atoms with Crippen molar-refractivity contribution >= 4 is 46.8 Å². The molecule has 0 fully saturated rings. The Bertz CT molecular complexity index is 1360. The number of halogens is 3. The highest BCUT2D eigenvalue weighted by Crippen LogP contribution is 2.45. The van der Waals surface area contributed by atoms with Crippen LogP contribution < -0.4 is 15.2 Å². The Hall–Kier alpha value is -3.43. The lowest BCUT2D eigenvalue weighted by Crippen LogP contribution is -2.21. The number of fused-ring (bicyclic) bond motifs is 1. The highest BCUT2D eigenvalue weighted by atomic mass is 35.5. The van der Waals surface area contributed by atoms with Gasteiger partial charge in [0.2, 0.25) is 5.88 Å². The Kier molecular flexibility index (Phi) is 6.62. The van der Waals surface area contributed by atoms with Gasteiger partial charge in [-0.05, 0) is 41.5 Å². The van der Waals surface area contributed by atoms with E-state index in [4.69, 9.17) is 50.0 Å².